The van der Waals surface area contributed by atoms with Crippen LogP contribution >= 0.6 is 11.3 Å². The molecule has 1 saturated heterocycles. The van der Waals surface area contributed by atoms with Crippen LogP contribution < -0.4 is 0 Å². The lowest BCUT2D eigenvalue weighted by Crippen LogP contribution is -2.39. The predicted molar refractivity (Wildman–Crippen MR) is 78.0 cm³/mol. The highest BCUT2D eigenvalue weighted by Gasteiger charge is 2.22. The van der Waals surface area contributed by atoms with Crippen molar-refractivity contribution in [2.45, 2.75) is 38.3 Å². The summed E-state index contributed by atoms with van der Waals surface area (Å²) >= 11 is 1.73. The summed E-state index contributed by atoms with van der Waals surface area (Å²) in [6.07, 6.45) is 4.61. The van der Waals surface area contributed by atoms with Gasteiger partial charge in [0.15, 0.2) is 0 Å². The van der Waals surface area contributed by atoms with Gasteiger partial charge in [-0.2, -0.15) is 0 Å². The van der Waals surface area contributed by atoms with E-state index in [1.165, 1.54) is 24.1 Å². The Morgan fingerprint density at radius 2 is 2.26 bits per heavy atom. The average Bonchev–Trinajstić information content (AvgIpc) is 2.87. The number of likely N-dealkylation sites (tertiary alicyclic amines) is 1. The molecule has 1 fully saturated rings. The Kier molecular flexibility index (Phi) is 5.87. The minimum absolute atomic E-state index is 0.0874. The number of hydrogen-bond acceptors (Lipinski definition) is 4. The van der Waals surface area contributed by atoms with E-state index in [0.29, 0.717) is 6.04 Å². The molecule has 1 aliphatic rings. The van der Waals surface area contributed by atoms with Gasteiger partial charge in [0.05, 0.1) is 0 Å². The zero-order chi connectivity index (χ0) is 13.5. The highest BCUT2D eigenvalue weighted by atomic mass is 32.1. The first-order valence-corrected chi connectivity index (χ1v) is 7.73. The molecule has 0 radical (unpaired) electrons. The Balaban J connectivity index is 1.96. The van der Waals surface area contributed by atoms with Crippen molar-refractivity contribution < 1.29 is 10.2 Å². The zero-order valence-corrected chi connectivity index (χ0v) is 12.0. The molecule has 1 aromatic heterocycles. The second-order valence-electron chi connectivity index (χ2n) is 4.89. The van der Waals surface area contributed by atoms with Crippen LogP contribution in [-0.2, 0) is 6.54 Å². The molecular formula is C15H21NO2S. The number of aliphatic hydroxyl groups excluding tert-OH is 2. The number of hydrogen-bond donors (Lipinski definition) is 2. The highest BCUT2D eigenvalue weighted by molar-refractivity contribution is 7.10. The summed E-state index contributed by atoms with van der Waals surface area (Å²) in [7, 11) is 0. The van der Waals surface area contributed by atoms with Crippen LogP contribution in [0.25, 0.3) is 0 Å². The first-order valence-electron chi connectivity index (χ1n) is 6.85. The third-order valence-corrected chi connectivity index (χ3v) is 4.46. The second kappa shape index (κ2) is 7.66. The van der Waals surface area contributed by atoms with Crippen LogP contribution in [0.3, 0.4) is 0 Å². The molecule has 104 valence electrons. The normalized spacial score (nSPS) is 20.0. The Morgan fingerprint density at radius 3 is 3.05 bits per heavy atom. The van der Waals surface area contributed by atoms with Crippen molar-refractivity contribution >= 4 is 11.3 Å². The van der Waals surface area contributed by atoms with Crippen LogP contribution in [0.2, 0.25) is 0 Å². The van der Waals surface area contributed by atoms with E-state index < -0.39 is 0 Å². The molecule has 1 unspecified atom stereocenters. The number of thiophene rings is 1. The van der Waals surface area contributed by atoms with Crippen LogP contribution in [-0.4, -0.2) is 40.9 Å². The van der Waals surface area contributed by atoms with E-state index >= 15 is 0 Å². The van der Waals surface area contributed by atoms with Crippen molar-refractivity contribution in [3.05, 3.63) is 21.9 Å². The minimum atomic E-state index is -0.0874. The maximum atomic E-state index is 9.14. The first-order chi connectivity index (χ1) is 9.33. The standard InChI is InChI=1S/C15H21NO2S/c17-8-3-4-13-10-15(19-12-13)11-16-7-2-1-5-14(16)6-9-18/h10,12,14,17-18H,1-2,5-9,11H2. The van der Waals surface area contributed by atoms with Crippen LogP contribution in [0.1, 0.15) is 36.1 Å². The third kappa shape index (κ3) is 4.32. The number of aliphatic hydroxyl groups is 2. The molecule has 3 nitrogen and oxygen atoms in total. The Morgan fingerprint density at radius 1 is 1.37 bits per heavy atom. The largest absolute Gasteiger partial charge is 0.396 e. The summed E-state index contributed by atoms with van der Waals surface area (Å²) < 4.78 is 0. The van der Waals surface area contributed by atoms with Crippen molar-refractivity contribution in [1.29, 1.82) is 0 Å². The molecule has 0 spiro atoms. The molecule has 1 aromatic rings. The fraction of sp³-hybridized carbons (Fsp3) is 0.600. The average molecular weight is 279 g/mol. The highest BCUT2D eigenvalue weighted by Crippen LogP contribution is 2.24. The number of nitrogens with zero attached hydrogens (tertiary/aromatic N) is 1. The van der Waals surface area contributed by atoms with E-state index in [1.54, 1.807) is 11.3 Å². The molecule has 0 bridgehead atoms. The van der Waals surface area contributed by atoms with Gasteiger partial charge >= 0.3 is 0 Å². The Labute approximate surface area is 118 Å². The maximum absolute atomic E-state index is 9.14. The van der Waals surface area contributed by atoms with Gasteiger partial charge in [-0.3, -0.25) is 4.90 Å². The summed E-state index contributed by atoms with van der Waals surface area (Å²) in [5, 5.41) is 19.9. The van der Waals surface area contributed by atoms with Crippen LogP contribution in [0.15, 0.2) is 11.4 Å². The lowest BCUT2D eigenvalue weighted by atomic mass is 9.99. The lowest BCUT2D eigenvalue weighted by molar-refractivity contribution is 0.113. The van der Waals surface area contributed by atoms with Crippen LogP contribution in [0.4, 0.5) is 0 Å². The molecule has 19 heavy (non-hydrogen) atoms. The summed E-state index contributed by atoms with van der Waals surface area (Å²) in [4.78, 5) is 3.79. The number of piperidine rings is 1. The van der Waals surface area contributed by atoms with Gasteiger partial charge < -0.3 is 10.2 Å². The molecule has 1 aliphatic heterocycles. The lowest BCUT2D eigenvalue weighted by Gasteiger charge is -2.35. The van der Waals surface area contributed by atoms with E-state index in [9.17, 15) is 0 Å². The van der Waals surface area contributed by atoms with E-state index in [4.69, 9.17) is 10.2 Å². The summed E-state index contributed by atoms with van der Waals surface area (Å²) in [5.74, 6) is 5.62. The second-order valence-corrected chi connectivity index (χ2v) is 5.89. The molecule has 0 aromatic carbocycles. The third-order valence-electron chi connectivity index (χ3n) is 3.54. The Hall–Kier alpha value is -0.860. The quantitative estimate of drug-likeness (QED) is 0.827. The van der Waals surface area contributed by atoms with E-state index in [-0.39, 0.29) is 13.2 Å². The maximum Gasteiger partial charge on any atom is 0.104 e. The van der Waals surface area contributed by atoms with Gasteiger partial charge in [0.1, 0.15) is 6.61 Å². The molecule has 2 heterocycles. The summed E-state index contributed by atoms with van der Waals surface area (Å²) in [6.45, 7) is 2.27. The van der Waals surface area contributed by atoms with E-state index in [1.807, 2.05) is 5.38 Å². The SMILES string of the molecule is OCC#Cc1csc(CN2CCCCC2CCO)c1. The minimum Gasteiger partial charge on any atom is -0.396 e. The van der Waals surface area contributed by atoms with Crippen molar-refractivity contribution in [3.63, 3.8) is 0 Å². The topological polar surface area (TPSA) is 43.7 Å². The molecular weight excluding hydrogens is 258 g/mol. The molecule has 4 heteroatoms. The first kappa shape index (κ1) is 14.5. The van der Waals surface area contributed by atoms with Crippen molar-refractivity contribution in [3.8, 4) is 11.8 Å². The Bertz CT molecular complexity index is 444. The fourth-order valence-electron chi connectivity index (χ4n) is 2.61. The molecule has 2 N–H and O–H groups in total. The molecule has 0 saturated carbocycles. The van der Waals surface area contributed by atoms with Gasteiger partial charge in [-0.25, -0.2) is 0 Å². The molecule has 1 atom stereocenters. The van der Waals surface area contributed by atoms with Gasteiger partial charge in [0.2, 0.25) is 0 Å². The fourth-order valence-corrected chi connectivity index (χ4v) is 3.46. The summed E-state index contributed by atoms with van der Waals surface area (Å²) in [5.41, 5.74) is 0.991. The van der Waals surface area contributed by atoms with Gasteiger partial charge in [-0.05, 0) is 31.9 Å². The van der Waals surface area contributed by atoms with Crippen molar-refractivity contribution in [1.82, 2.24) is 4.90 Å². The van der Waals surface area contributed by atoms with Gasteiger partial charge in [-0.15, -0.1) is 11.3 Å². The summed E-state index contributed by atoms with van der Waals surface area (Å²) in [6, 6.07) is 2.63. The van der Waals surface area contributed by atoms with Gasteiger partial charge in [0, 0.05) is 35.0 Å². The van der Waals surface area contributed by atoms with Crippen LogP contribution in [0, 0.1) is 11.8 Å². The zero-order valence-electron chi connectivity index (χ0n) is 11.1. The monoisotopic (exact) mass is 279 g/mol. The van der Waals surface area contributed by atoms with Gasteiger partial charge in [0.25, 0.3) is 0 Å². The molecule has 2 rings (SSSR count). The van der Waals surface area contributed by atoms with E-state index in [2.05, 4.69) is 22.8 Å². The molecule has 0 amide bonds. The van der Waals surface area contributed by atoms with Gasteiger partial charge in [-0.1, -0.05) is 18.3 Å². The molecule has 0 aliphatic carbocycles. The van der Waals surface area contributed by atoms with Crippen molar-refractivity contribution in [2.75, 3.05) is 19.8 Å². The smallest absolute Gasteiger partial charge is 0.104 e. The van der Waals surface area contributed by atoms with E-state index in [0.717, 1.165) is 25.1 Å². The predicted octanol–water partition coefficient (Wildman–Crippen LogP) is 1.83. The van der Waals surface area contributed by atoms with Crippen LogP contribution in [0.5, 0.6) is 0 Å². The van der Waals surface area contributed by atoms with Crippen molar-refractivity contribution in [2.24, 2.45) is 0 Å². The number of rotatable bonds is 4.